The molecule has 3 rings (SSSR count). The summed E-state index contributed by atoms with van der Waals surface area (Å²) in [6.45, 7) is 0.739. The van der Waals surface area contributed by atoms with Gasteiger partial charge in [0.25, 0.3) is 0 Å². The van der Waals surface area contributed by atoms with Crippen molar-refractivity contribution in [2.75, 3.05) is 7.11 Å². The fourth-order valence-corrected chi connectivity index (χ4v) is 2.85. The monoisotopic (exact) mass is 356 g/mol. The van der Waals surface area contributed by atoms with Crippen molar-refractivity contribution < 1.29 is 9.47 Å². The van der Waals surface area contributed by atoms with Crippen LogP contribution in [0.3, 0.4) is 0 Å². The summed E-state index contributed by atoms with van der Waals surface area (Å²) >= 11 is 6.07. The molecule has 0 saturated carbocycles. The summed E-state index contributed by atoms with van der Waals surface area (Å²) < 4.78 is 13.4. The Kier molecular flexibility index (Phi) is 5.96. The summed E-state index contributed by atoms with van der Waals surface area (Å²) in [5.74, 6) is 1.65. The molecule has 1 unspecified atom stereocenters. The average molecular weight is 357 g/mol. The van der Waals surface area contributed by atoms with Crippen LogP contribution in [-0.2, 0) is 13.0 Å². The molecule has 3 aromatic rings. The number of halogens is 1. The molecule has 0 aliphatic rings. The Hall–Kier alpha value is -2.46. The van der Waals surface area contributed by atoms with Crippen LogP contribution in [0.25, 0.3) is 0 Å². The van der Waals surface area contributed by atoms with Gasteiger partial charge in [0.15, 0.2) is 0 Å². The molecule has 4 nitrogen and oxygen atoms in total. The molecule has 0 amide bonds. The first kappa shape index (κ1) is 17.4. The standard InChI is InChI=1S/C20H21ClN2O2/c1-24-18-8-5-16(6-9-18)7-10-20(14-23-12-11-22-15-23)25-19-4-2-3-17(21)13-19/h2-6,8-9,11-13,15,20H,7,10,14H2,1H3. The Balaban J connectivity index is 1.66. The van der Waals surface area contributed by atoms with E-state index in [2.05, 4.69) is 17.1 Å². The lowest BCUT2D eigenvalue weighted by Gasteiger charge is -2.20. The SMILES string of the molecule is COc1ccc(CCC(Cn2ccnc2)Oc2cccc(Cl)c2)cc1. The Labute approximate surface area is 153 Å². The minimum Gasteiger partial charge on any atom is -0.497 e. The van der Waals surface area contributed by atoms with Crippen LogP contribution < -0.4 is 9.47 Å². The van der Waals surface area contributed by atoms with Crippen LogP contribution in [0.15, 0.2) is 67.3 Å². The molecule has 0 N–H and O–H groups in total. The van der Waals surface area contributed by atoms with Gasteiger partial charge in [0.2, 0.25) is 0 Å². The van der Waals surface area contributed by atoms with Crippen molar-refractivity contribution in [2.45, 2.75) is 25.5 Å². The second-order valence-corrected chi connectivity index (χ2v) is 6.28. The molecule has 1 atom stereocenters. The van der Waals surface area contributed by atoms with Crippen molar-refractivity contribution in [1.82, 2.24) is 9.55 Å². The predicted octanol–water partition coefficient (Wildman–Crippen LogP) is 4.63. The highest BCUT2D eigenvalue weighted by atomic mass is 35.5. The smallest absolute Gasteiger partial charge is 0.121 e. The van der Waals surface area contributed by atoms with E-state index >= 15 is 0 Å². The molecule has 1 heterocycles. The number of aryl methyl sites for hydroxylation is 1. The second-order valence-electron chi connectivity index (χ2n) is 5.84. The zero-order valence-corrected chi connectivity index (χ0v) is 14.9. The molecule has 0 aliphatic carbocycles. The third-order valence-electron chi connectivity index (χ3n) is 3.99. The molecule has 25 heavy (non-hydrogen) atoms. The first-order chi connectivity index (χ1) is 12.2. The van der Waals surface area contributed by atoms with E-state index in [1.165, 1.54) is 5.56 Å². The van der Waals surface area contributed by atoms with Crippen LogP contribution in [0.1, 0.15) is 12.0 Å². The summed E-state index contributed by atoms with van der Waals surface area (Å²) in [6, 6.07) is 15.7. The van der Waals surface area contributed by atoms with E-state index in [1.54, 1.807) is 13.3 Å². The highest BCUT2D eigenvalue weighted by molar-refractivity contribution is 6.30. The number of nitrogens with zero attached hydrogens (tertiary/aromatic N) is 2. The van der Waals surface area contributed by atoms with Crippen LogP contribution in [0.2, 0.25) is 5.02 Å². The first-order valence-electron chi connectivity index (χ1n) is 8.24. The quantitative estimate of drug-likeness (QED) is 0.590. The second kappa shape index (κ2) is 8.58. The first-order valence-corrected chi connectivity index (χ1v) is 8.61. The van der Waals surface area contributed by atoms with Gasteiger partial charge >= 0.3 is 0 Å². The van der Waals surface area contributed by atoms with Crippen LogP contribution in [-0.4, -0.2) is 22.8 Å². The minimum absolute atomic E-state index is 0.0229. The van der Waals surface area contributed by atoms with Gasteiger partial charge < -0.3 is 14.0 Å². The van der Waals surface area contributed by atoms with Gasteiger partial charge in [0.1, 0.15) is 17.6 Å². The number of ether oxygens (including phenoxy) is 2. The van der Waals surface area contributed by atoms with Gasteiger partial charge in [-0.25, -0.2) is 4.98 Å². The number of hydrogen-bond donors (Lipinski definition) is 0. The van der Waals surface area contributed by atoms with Gasteiger partial charge in [-0.2, -0.15) is 0 Å². The Bertz CT molecular complexity index is 773. The van der Waals surface area contributed by atoms with E-state index in [4.69, 9.17) is 21.1 Å². The van der Waals surface area contributed by atoms with Gasteiger partial charge in [-0.3, -0.25) is 0 Å². The molecule has 5 heteroatoms. The van der Waals surface area contributed by atoms with Gasteiger partial charge in [0, 0.05) is 17.4 Å². The number of benzene rings is 2. The molecule has 130 valence electrons. The molecule has 2 aromatic carbocycles. The summed E-state index contributed by atoms with van der Waals surface area (Å²) in [5, 5.41) is 0.675. The lowest BCUT2D eigenvalue weighted by molar-refractivity contribution is 0.170. The summed E-state index contributed by atoms with van der Waals surface area (Å²) in [6.07, 6.45) is 7.36. The van der Waals surface area contributed by atoms with Crippen molar-refractivity contribution in [2.24, 2.45) is 0 Å². The topological polar surface area (TPSA) is 36.3 Å². The molecule has 0 bridgehead atoms. The van der Waals surface area contributed by atoms with E-state index in [9.17, 15) is 0 Å². The Morgan fingerprint density at radius 3 is 2.64 bits per heavy atom. The Morgan fingerprint density at radius 2 is 1.96 bits per heavy atom. The van der Waals surface area contributed by atoms with E-state index in [1.807, 2.05) is 53.5 Å². The predicted molar refractivity (Wildman–Crippen MR) is 99.4 cm³/mol. The van der Waals surface area contributed by atoms with Gasteiger partial charge in [-0.15, -0.1) is 0 Å². The van der Waals surface area contributed by atoms with Gasteiger partial charge in [-0.1, -0.05) is 29.8 Å². The Morgan fingerprint density at radius 1 is 1.12 bits per heavy atom. The molecule has 0 spiro atoms. The molecule has 0 saturated heterocycles. The maximum absolute atomic E-state index is 6.18. The maximum atomic E-state index is 6.18. The summed E-state index contributed by atoms with van der Waals surface area (Å²) in [5.41, 5.74) is 1.26. The molecular formula is C20H21ClN2O2. The van der Waals surface area contributed by atoms with Gasteiger partial charge in [-0.05, 0) is 48.7 Å². The zero-order chi connectivity index (χ0) is 17.5. The van der Waals surface area contributed by atoms with Crippen molar-refractivity contribution in [3.05, 3.63) is 77.8 Å². The van der Waals surface area contributed by atoms with Crippen molar-refractivity contribution in [1.29, 1.82) is 0 Å². The lowest BCUT2D eigenvalue weighted by atomic mass is 10.1. The van der Waals surface area contributed by atoms with E-state index < -0.39 is 0 Å². The molecule has 0 fully saturated rings. The molecule has 0 radical (unpaired) electrons. The molecule has 1 aromatic heterocycles. The van der Waals surface area contributed by atoms with Crippen LogP contribution in [0.4, 0.5) is 0 Å². The number of imidazole rings is 1. The lowest BCUT2D eigenvalue weighted by Crippen LogP contribution is -2.23. The van der Waals surface area contributed by atoms with Crippen molar-refractivity contribution in [3.63, 3.8) is 0 Å². The largest absolute Gasteiger partial charge is 0.497 e. The average Bonchev–Trinajstić information content (AvgIpc) is 3.13. The van der Waals surface area contributed by atoms with Crippen LogP contribution >= 0.6 is 11.6 Å². The highest BCUT2D eigenvalue weighted by Crippen LogP contribution is 2.21. The fraction of sp³-hybridized carbons (Fsp3) is 0.250. The number of rotatable bonds is 8. The fourth-order valence-electron chi connectivity index (χ4n) is 2.67. The summed E-state index contributed by atoms with van der Waals surface area (Å²) in [7, 11) is 1.68. The maximum Gasteiger partial charge on any atom is 0.121 e. The highest BCUT2D eigenvalue weighted by Gasteiger charge is 2.12. The van der Waals surface area contributed by atoms with E-state index in [0.29, 0.717) is 5.02 Å². The van der Waals surface area contributed by atoms with E-state index in [0.717, 1.165) is 30.9 Å². The normalized spacial score (nSPS) is 11.9. The molecular weight excluding hydrogens is 336 g/mol. The summed E-state index contributed by atoms with van der Waals surface area (Å²) in [4.78, 5) is 4.11. The van der Waals surface area contributed by atoms with Gasteiger partial charge in [0.05, 0.1) is 20.0 Å². The van der Waals surface area contributed by atoms with E-state index in [-0.39, 0.29) is 6.10 Å². The third kappa shape index (κ3) is 5.26. The van der Waals surface area contributed by atoms with Crippen LogP contribution in [0, 0.1) is 0 Å². The molecule has 0 aliphatic heterocycles. The minimum atomic E-state index is 0.0229. The van der Waals surface area contributed by atoms with Crippen LogP contribution in [0.5, 0.6) is 11.5 Å². The number of methoxy groups -OCH3 is 1. The van der Waals surface area contributed by atoms with Crippen molar-refractivity contribution >= 4 is 11.6 Å². The third-order valence-corrected chi connectivity index (χ3v) is 4.22. The van der Waals surface area contributed by atoms with Crippen molar-refractivity contribution in [3.8, 4) is 11.5 Å². The number of aromatic nitrogens is 2. The zero-order valence-electron chi connectivity index (χ0n) is 14.1. The number of hydrogen-bond acceptors (Lipinski definition) is 3.